The van der Waals surface area contributed by atoms with E-state index in [4.69, 9.17) is 4.74 Å². The number of nitrogens with zero attached hydrogens (tertiary/aromatic N) is 2. The second-order valence-electron chi connectivity index (χ2n) is 4.25. The lowest BCUT2D eigenvalue weighted by Gasteiger charge is -2.33. The van der Waals surface area contributed by atoms with Gasteiger partial charge in [0.15, 0.2) is 5.17 Å². The smallest absolute Gasteiger partial charge is 0.161 e. The summed E-state index contributed by atoms with van der Waals surface area (Å²) in [6.07, 6.45) is 1.22. The SMILES string of the molecule is CC[C@H]1O[C@@H]2SC(N(C)C)=N[C@@H]2C[C@@H]1O. The lowest BCUT2D eigenvalue weighted by Crippen LogP contribution is -2.43. The van der Waals surface area contributed by atoms with Crippen molar-refractivity contribution in [2.45, 2.75) is 43.5 Å². The fraction of sp³-hybridized carbons (Fsp3) is 0.900. The summed E-state index contributed by atoms with van der Waals surface area (Å²) in [5.74, 6) is 0. The molecule has 4 nitrogen and oxygen atoms in total. The molecule has 86 valence electrons. The predicted molar refractivity (Wildman–Crippen MR) is 62.1 cm³/mol. The number of aliphatic hydroxyl groups is 1. The Morgan fingerprint density at radius 3 is 2.93 bits per heavy atom. The lowest BCUT2D eigenvalue weighted by atomic mass is 10.0. The summed E-state index contributed by atoms with van der Waals surface area (Å²) in [4.78, 5) is 6.55. The quantitative estimate of drug-likeness (QED) is 0.727. The Morgan fingerprint density at radius 1 is 1.60 bits per heavy atom. The Hall–Kier alpha value is -0.260. The summed E-state index contributed by atoms with van der Waals surface area (Å²) < 4.78 is 5.82. The maximum absolute atomic E-state index is 9.82. The van der Waals surface area contributed by atoms with Crippen LogP contribution in [0.1, 0.15) is 19.8 Å². The number of thioether (sulfide) groups is 1. The molecule has 1 saturated heterocycles. The van der Waals surface area contributed by atoms with Crippen molar-refractivity contribution in [3.8, 4) is 0 Å². The van der Waals surface area contributed by atoms with Crippen LogP contribution >= 0.6 is 11.8 Å². The predicted octanol–water partition coefficient (Wildman–Crippen LogP) is 0.905. The number of aliphatic imine (C=N–C) groups is 1. The molecule has 4 atom stereocenters. The van der Waals surface area contributed by atoms with Crippen LogP contribution in [-0.2, 0) is 4.74 Å². The lowest BCUT2D eigenvalue weighted by molar-refractivity contribution is -0.0937. The normalized spacial score (nSPS) is 39.9. The molecular formula is C10H18N2O2S. The van der Waals surface area contributed by atoms with Gasteiger partial charge in [0, 0.05) is 20.5 Å². The summed E-state index contributed by atoms with van der Waals surface area (Å²) in [6, 6.07) is 0.130. The van der Waals surface area contributed by atoms with E-state index in [1.165, 1.54) is 0 Å². The van der Waals surface area contributed by atoms with Crippen molar-refractivity contribution < 1.29 is 9.84 Å². The zero-order valence-electron chi connectivity index (χ0n) is 9.38. The van der Waals surface area contributed by atoms with Crippen molar-refractivity contribution in [1.29, 1.82) is 0 Å². The molecule has 5 heteroatoms. The van der Waals surface area contributed by atoms with Crippen LogP contribution in [0.15, 0.2) is 4.99 Å². The van der Waals surface area contributed by atoms with Crippen LogP contribution in [0.4, 0.5) is 0 Å². The van der Waals surface area contributed by atoms with E-state index in [9.17, 15) is 5.11 Å². The number of rotatable bonds is 1. The first-order valence-corrected chi connectivity index (χ1v) is 6.25. The molecule has 2 aliphatic heterocycles. The van der Waals surface area contributed by atoms with E-state index in [0.29, 0.717) is 0 Å². The average molecular weight is 230 g/mol. The minimum atomic E-state index is -0.359. The molecule has 0 saturated carbocycles. The number of fused-ring (bicyclic) bond motifs is 1. The van der Waals surface area contributed by atoms with Gasteiger partial charge in [-0.15, -0.1) is 0 Å². The van der Waals surface area contributed by atoms with Crippen LogP contribution in [0.2, 0.25) is 0 Å². The zero-order chi connectivity index (χ0) is 11.0. The molecule has 0 radical (unpaired) electrons. The number of amidine groups is 1. The highest BCUT2D eigenvalue weighted by Crippen LogP contribution is 2.37. The molecule has 15 heavy (non-hydrogen) atoms. The molecule has 2 heterocycles. The molecule has 0 amide bonds. The van der Waals surface area contributed by atoms with E-state index in [2.05, 4.69) is 4.99 Å². The first kappa shape index (κ1) is 11.2. The van der Waals surface area contributed by atoms with Gasteiger partial charge in [-0.05, 0) is 6.42 Å². The Bertz CT molecular complexity index is 270. The third-order valence-corrected chi connectivity index (χ3v) is 4.16. The van der Waals surface area contributed by atoms with Gasteiger partial charge in [0.25, 0.3) is 0 Å². The largest absolute Gasteiger partial charge is 0.390 e. The highest BCUT2D eigenvalue weighted by atomic mass is 32.2. The van der Waals surface area contributed by atoms with Gasteiger partial charge in [-0.1, -0.05) is 18.7 Å². The van der Waals surface area contributed by atoms with Crippen LogP contribution in [-0.4, -0.2) is 53.0 Å². The second kappa shape index (κ2) is 4.31. The molecule has 0 spiro atoms. The molecule has 0 aromatic rings. The third kappa shape index (κ3) is 2.14. The minimum Gasteiger partial charge on any atom is -0.390 e. The summed E-state index contributed by atoms with van der Waals surface area (Å²) in [5, 5.41) is 10.8. The zero-order valence-corrected chi connectivity index (χ0v) is 10.2. The van der Waals surface area contributed by atoms with Crippen LogP contribution in [0.25, 0.3) is 0 Å². The highest BCUT2D eigenvalue weighted by Gasteiger charge is 2.41. The van der Waals surface area contributed by atoms with E-state index in [0.717, 1.165) is 18.0 Å². The third-order valence-electron chi connectivity index (χ3n) is 2.82. The van der Waals surface area contributed by atoms with Gasteiger partial charge >= 0.3 is 0 Å². The van der Waals surface area contributed by atoms with Gasteiger partial charge in [0.2, 0.25) is 0 Å². The van der Waals surface area contributed by atoms with Crippen LogP contribution in [0, 0.1) is 0 Å². The Morgan fingerprint density at radius 2 is 2.33 bits per heavy atom. The Balaban J connectivity index is 2.04. The first-order chi connectivity index (χ1) is 7.11. The van der Waals surface area contributed by atoms with Gasteiger partial charge < -0.3 is 14.7 Å². The van der Waals surface area contributed by atoms with Gasteiger partial charge in [-0.25, -0.2) is 0 Å². The minimum absolute atomic E-state index is 0.0181. The van der Waals surface area contributed by atoms with Crippen molar-refractivity contribution in [2.24, 2.45) is 4.99 Å². The second-order valence-corrected chi connectivity index (χ2v) is 5.31. The summed E-state index contributed by atoms with van der Waals surface area (Å²) in [6.45, 7) is 2.04. The molecule has 1 fully saturated rings. The average Bonchev–Trinajstić information content (AvgIpc) is 2.59. The molecule has 0 aliphatic carbocycles. The van der Waals surface area contributed by atoms with E-state index in [1.54, 1.807) is 11.8 Å². The molecule has 0 aromatic heterocycles. The number of aliphatic hydroxyl groups excluding tert-OH is 1. The maximum atomic E-state index is 9.82. The van der Waals surface area contributed by atoms with E-state index < -0.39 is 0 Å². The van der Waals surface area contributed by atoms with Crippen molar-refractivity contribution in [1.82, 2.24) is 4.90 Å². The molecular weight excluding hydrogens is 212 g/mol. The first-order valence-electron chi connectivity index (χ1n) is 5.37. The molecule has 2 rings (SSSR count). The summed E-state index contributed by atoms with van der Waals surface area (Å²) >= 11 is 1.67. The molecule has 2 aliphatic rings. The summed E-state index contributed by atoms with van der Waals surface area (Å²) in [7, 11) is 3.97. The van der Waals surface area contributed by atoms with E-state index >= 15 is 0 Å². The number of ether oxygens (including phenoxy) is 1. The van der Waals surface area contributed by atoms with Gasteiger partial charge in [0.1, 0.15) is 5.44 Å². The molecule has 0 unspecified atom stereocenters. The van der Waals surface area contributed by atoms with Crippen molar-refractivity contribution in [3.05, 3.63) is 0 Å². The number of hydrogen-bond donors (Lipinski definition) is 1. The number of hydrogen-bond acceptors (Lipinski definition) is 5. The van der Waals surface area contributed by atoms with Crippen LogP contribution in [0.5, 0.6) is 0 Å². The van der Waals surface area contributed by atoms with Gasteiger partial charge in [-0.2, -0.15) is 0 Å². The van der Waals surface area contributed by atoms with Crippen molar-refractivity contribution >= 4 is 16.9 Å². The molecule has 1 N–H and O–H groups in total. The van der Waals surface area contributed by atoms with Gasteiger partial charge in [-0.3, -0.25) is 4.99 Å². The summed E-state index contributed by atoms with van der Waals surface area (Å²) in [5.41, 5.74) is 0.107. The van der Waals surface area contributed by atoms with Crippen LogP contribution in [0.3, 0.4) is 0 Å². The standard InChI is InChI=1S/C10H18N2O2S/c1-4-8-7(13)5-6-9(14-8)15-10(11-6)12(2)3/h6-9,13H,4-5H2,1-3H3/t6-,7+,8-,9-/m1/s1. The maximum Gasteiger partial charge on any atom is 0.161 e. The van der Waals surface area contributed by atoms with E-state index in [1.807, 2.05) is 25.9 Å². The fourth-order valence-electron chi connectivity index (χ4n) is 1.95. The molecule has 0 bridgehead atoms. The fourth-order valence-corrected chi connectivity index (χ4v) is 3.09. The highest BCUT2D eigenvalue weighted by molar-refractivity contribution is 8.14. The Kier molecular flexibility index (Phi) is 3.23. The van der Waals surface area contributed by atoms with E-state index in [-0.39, 0.29) is 23.7 Å². The van der Waals surface area contributed by atoms with Crippen molar-refractivity contribution in [2.75, 3.05) is 14.1 Å². The van der Waals surface area contributed by atoms with Crippen LogP contribution < -0.4 is 0 Å². The van der Waals surface area contributed by atoms with Gasteiger partial charge in [0.05, 0.1) is 18.2 Å². The van der Waals surface area contributed by atoms with Crippen molar-refractivity contribution in [3.63, 3.8) is 0 Å². The Labute approximate surface area is 94.7 Å². The monoisotopic (exact) mass is 230 g/mol. The topological polar surface area (TPSA) is 45.1 Å². The molecule has 0 aromatic carbocycles.